The molecule has 0 aliphatic heterocycles. The molecule has 1 aromatic heterocycles. The molecule has 4 nitrogen and oxygen atoms in total. The molecular formula is C14H20N4. The van der Waals surface area contributed by atoms with Crippen molar-refractivity contribution >= 4 is 0 Å². The van der Waals surface area contributed by atoms with Crippen molar-refractivity contribution in [3.05, 3.63) is 36.0 Å². The Morgan fingerprint density at radius 3 is 2.50 bits per heavy atom. The molecule has 0 aliphatic rings. The van der Waals surface area contributed by atoms with Gasteiger partial charge in [0.25, 0.3) is 0 Å². The molecule has 1 N–H and O–H groups in total. The molecule has 0 aliphatic carbocycles. The minimum absolute atomic E-state index is 0.424. The van der Waals surface area contributed by atoms with Crippen molar-refractivity contribution in [3.8, 4) is 11.3 Å². The van der Waals surface area contributed by atoms with Crippen molar-refractivity contribution in [3.63, 3.8) is 0 Å². The Hall–Kier alpha value is -1.68. The molecule has 1 heterocycles. The first-order valence-corrected chi connectivity index (χ1v) is 6.46. The van der Waals surface area contributed by atoms with E-state index in [1.807, 2.05) is 17.9 Å². The zero-order chi connectivity index (χ0) is 13.0. The lowest BCUT2D eigenvalue weighted by Crippen LogP contribution is -2.14. The van der Waals surface area contributed by atoms with E-state index in [0.717, 1.165) is 24.2 Å². The molecule has 0 amide bonds. The van der Waals surface area contributed by atoms with Crippen LogP contribution in [0.25, 0.3) is 11.3 Å². The number of hydrogen-bond donors (Lipinski definition) is 1. The third-order valence-corrected chi connectivity index (χ3v) is 3.28. The van der Waals surface area contributed by atoms with E-state index >= 15 is 0 Å². The summed E-state index contributed by atoms with van der Waals surface area (Å²) < 4.78 is 1.91. The zero-order valence-electron chi connectivity index (χ0n) is 11.2. The van der Waals surface area contributed by atoms with Crippen LogP contribution in [0.5, 0.6) is 0 Å². The molecule has 0 saturated carbocycles. The first-order chi connectivity index (χ1) is 8.80. The van der Waals surface area contributed by atoms with Crippen molar-refractivity contribution in [2.24, 2.45) is 0 Å². The lowest BCUT2D eigenvalue weighted by molar-refractivity contribution is 0.577. The number of benzene rings is 1. The number of aryl methyl sites for hydroxylation is 1. The summed E-state index contributed by atoms with van der Waals surface area (Å²) in [6.45, 7) is 5.09. The minimum atomic E-state index is 0.424. The van der Waals surface area contributed by atoms with Gasteiger partial charge >= 0.3 is 0 Å². The van der Waals surface area contributed by atoms with Crippen molar-refractivity contribution < 1.29 is 0 Å². The summed E-state index contributed by atoms with van der Waals surface area (Å²) in [5.41, 5.74) is 3.55. The Bertz CT molecular complexity index is 483. The van der Waals surface area contributed by atoms with E-state index in [4.69, 9.17) is 0 Å². The summed E-state index contributed by atoms with van der Waals surface area (Å²) in [7, 11) is 2.00. The Balaban J connectivity index is 2.27. The highest BCUT2D eigenvalue weighted by Gasteiger charge is 2.08. The molecule has 1 unspecified atom stereocenters. The van der Waals surface area contributed by atoms with Gasteiger partial charge in [-0.1, -0.05) is 36.4 Å². The lowest BCUT2D eigenvalue weighted by atomic mass is 10.0. The van der Waals surface area contributed by atoms with Crippen LogP contribution in [-0.4, -0.2) is 22.0 Å². The highest BCUT2D eigenvalue weighted by molar-refractivity contribution is 5.58. The van der Waals surface area contributed by atoms with Gasteiger partial charge in [-0.05, 0) is 26.0 Å². The van der Waals surface area contributed by atoms with E-state index in [2.05, 4.69) is 53.7 Å². The summed E-state index contributed by atoms with van der Waals surface area (Å²) in [5, 5.41) is 11.3. The fourth-order valence-electron chi connectivity index (χ4n) is 2.21. The molecule has 0 bridgehead atoms. The maximum absolute atomic E-state index is 4.06. The third-order valence-electron chi connectivity index (χ3n) is 3.28. The van der Waals surface area contributed by atoms with E-state index in [1.165, 1.54) is 5.56 Å². The van der Waals surface area contributed by atoms with Crippen molar-refractivity contribution in [1.82, 2.24) is 20.3 Å². The molecule has 0 spiro atoms. The summed E-state index contributed by atoms with van der Waals surface area (Å²) >= 11 is 0. The largest absolute Gasteiger partial charge is 0.313 e. The molecule has 96 valence electrons. The minimum Gasteiger partial charge on any atom is -0.313 e. The fraction of sp³-hybridized carbons (Fsp3) is 0.429. The molecule has 2 rings (SSSR count). The number of nitrogens with zero attached hydrogens (tertiary/aromatic N) is 3. The van der Waals surface area contributed by atoms with Crippen LogP contribution in [0.2, 0.25) is 0 Å². The van der Waals surface area contributed by atoms with Crippen molar-refractivity contribution in [1.29, 1.82) is 0 Å². The first kappa shape index (κ1) is 12.8. The molecule has 2 aromatic rings. The van der Waals surface area contributed by atoms with Crippen molar-refractivity contribution in [2.75, 3.05) is 7.05 Å². The van der Waals surface area contributed by atoms with Gasteiger partial charge < -0.3 is 5.32 Å². The smallest absolute Gasteiger partial charge is 0.0885 e. The predicted molar refractivity (Wildman–Crippen MR) is 73.2 cm³/mol. The number of rotatable bonds is 5. The molecule has 0 saturated heterocycles. The zero-order valence-corrected chi connectivity index (χ0v) is 11.2. The highest BCUT2D eigenvalue weighted by atomic mass is 15.4. The molecule has 0 radical (unpaired) electrons. The van der Waals surface area contributed by atoms with E-state index < -0.39 is 0 Å². The van der Waals surface area contributed by atoms with Crippen LogP contribution in [0.15, 0.2) is 30.5 Å². The summed E-state index contributed by atoms with van der Waals surface area (Å²) in [5.74, 6) is 0. The van der Waals surface area contributed by atoms with Gasteiger partial charge in [0.1, 0.15) is 0 Å². The van der Waals surface area contributed by atoms with Crippen LogP contribution in [0.3, 0.4) is 0 Å². The van der Waals surface area contributed by atoms with Gasteiger partial charge in [0, 0.05) is 18.2 Å². The predicted octanol–water partition coefficient (Wildman–Crippen LogP) is 2.64. The third kappa shape index (κ3) is 2.43. The van der Waals surface area contributed by atoms with Crippen LogP contribution < -0.4 is 5.32 Å². The number of nitrogens with one attached hydrogen (secondary N) is 1. The Morgan fingerprint density at radius 1 is 1.22 bits per heavy atom. The van der Waals surface area contributed by atoms with Gasteiger partial charge in [-0.25, -0.2) is 4.68 Å². The van der Waals surface area contributed by atoms with E-state index in [0.29, 0.717) is 6.04 Å². The fourth-order valence-corrected chi connectivity index (χ4v) is 2.21. The summed E-state index contributed by atoms with van der Waals surface area (Å²) in [6.07, 6.45) is 2.90. The van der Waals surface area contributed by atoms with Crippen LogP contribution in [0.1, 0.15) is 31.9 Å². The maximum atomic E-state index is 4.06. The maximum Gasteiger partial charge on any atom is 0.0885 e. The molecule has 1 atom stereocenters. The number of hydrogen-bond acceptors (Lipinski definition) is 3. The van der Waals surface area contributed by atoms with Crippen LogP contribution in [0, 0.1) is 0 Å². The van der Waals surface area contributed by atoms with Gasteiger partial charge in [-0.2, -0.15) is 0 Å². The highest BCUT2D eigenvalue weighted by Crippen LogP contribution is 2.22. The SMILES string of the molecule is CCC(NC)c1ccc(-c2cnnn2CC)cc1. The second-order valence-corrected chi connectivity index (χ2v) is 4.31. The number of aromatic nitrogens is 3. The average Bonchev–Trinajstić information content (AvgIpc) is 2.89. The van der Waals surface area contributed by atoms with Gasteiger partial charge in [-0.3, -0.25) is 0 Å². The van der Waals surface area contributed by atoms with Gasteiger partial charge in [0.05, 0.1) is 11.9 Å². The Labute approximate surface area is 108 Å². The molecular weight excluding hydrogens is 224 g/mol. The van der Waals surface area contributed by atoms with E-state index in [-0.39, 0.29) is 0 Å². The second-order valence-electron chi connectivity index (χ2n) is 4.31. The normalized spacial score (nSPS) is 12.6. The topological polar surface area (TPSA) is 42.7 Å². The van der Waals surface area contributed by atoms with Gasteiger partial charge in [0.2, 0.25) is 0 Å². The summed E-state index contributed by atoms with van der Waals surface area (Å²) in [4.78, 5) is 0. The molecule has 1 aromatic carbocycles. The average molecular weight is 244 g/mol. The molecule has 18 heavy (non-hydrogen) atoms. The lowest BCUT2D eigenvalue weighted by Gasteiger charge is -2.14. The monoisotopic (exact) mass is 244 g/mol. The van der Waals surface area contributed by atoms with Gasteiger partial charge in [0.15, 0.2) is 0 Å². The van der Waals surface area contributed by atoms with Crippen LogP contribution in [0.4, 0.5) is 0 Å². The first-order valence-electron chi connectivity index (χ1n) is 6.46. The second kappa shape index (κ2) is 5.78. The summed E-state index contributed by atoms with van der Waals surface area (Å²) in [6, 6.07) is 9.05. The quantitative estimate of drug-likeness (QED) is 0.879. The van der Waals surface area contributed by atoms with E-state index in [1.54, 1.807) is 0 Å². The Morgan fingerprint density at radius 2 is 1.94 bits per heavy atom. The van der Waals surface area contributed by atoms with E-state index in [9.17, 15) is 0 Å². The van der Waals surface area contributed by atoms with Crippen LogP contribution >= 0.6 is 0 Å². The molecule has 0 fully saturated rings. The standard InChI is InChI=1S/C14H20N4/c1-4-13(15-3)11-6-8-12(9-7-11)14-10-16-17-18(14)5-2/h6-10,13,15H,4-5H2,1-3H3. The Kier molecular flexibility index (Phi) is 4.10. The van der Waals surface area contributed by atoms with Crippen LogP contribution in [-0.2, 0) is 6.54 Å². The van der Waals surface area contributed by atoms with Gasteiger partial charge in [-0.15, -0.1) is 5.10 Å². The van der Waals surface area contributed by atoms with Crippen molar-refractivity contribution in [2.45, 2.75) is 32.9 Å². The molecule has 4 heteroatoms.